The molecule has 9 nitrogen and oxygen atoms in total. The average Bonchev–Trinajstić information content (AvgIpc) is 3.42. The number of hydrogen-bond acceptors (Lipinski definition) is 5. The predicted molar refractivity (Wildman–Crippen MR) is 127 cm³/mol. The molecule has 0 saturated heterocycles. The van der Waals surface area contributed by atoms with E-state index in [2.05, 4.69) is 10.4 Å². The second-order valence-corrected chi connectivity index (χ2v) is 8.87. The van der Waals surface area contributed by atoms with Crippen molar-refractivity contribution < 1.29 is 23.9 Å². The van der Waals surface area contributed by atoms with Crippen molar-refractivity contribution in [1.29, 1.82) is 0 Å². The minimum absolute atomic E-state index is 0.0437. The molecule has 4 rings (SSSR count). The van der Waals surface area contributed by atoms with Gasteiger partial charge in [-0.25, -0.2) is 4.39 Å². The van der Waals surface area contributed by atoms with Crippen LogP contribution < -0.4 is 11.1 Å². The van der Waals surface area contributed by atoms with Gasteiger partial charge in [-0.3, -0.25) is 19.1 Å². The molecule has 1 heterocycles. The van der Waals surface area contributed by atoms with Crippen LogP contribution in [0.1, 0.15) is 35.3 Å². The Labute approximate surface area is 205 Å². The summed E-state index contributed by atoms with van der Waals surface area (Å²) in [7, 11) is 0. The summed E-state index contributed by atoms with van der Waals surface area (Å²) in [4.78, 5) is 39.2. The number of amides is 3. The molecule has 2 atom stereocenters. The molecule has 1 aromatic heterocycles. The smallest absolute Gasteiger partial charge is 0.269 e. The van der Waals surface area contributed by atoms with Gasteiger partial charge in [-0.05, 0) is 31.4 Å². The van der Waals surface area contributed by atoms with Gasteiger partial charge >= 0.3 is 0 Å². The molecule has 0 aliphatic heterocycles. The lowest BCUT2D eigenvalue weighted by molar-refractivity contribution is -0.140. The van der Waals surface area contributed by atoms with Gasteiger partial charge in [0, 0.05) is 17.5 Å². The van der Waals surface area contributed by atoms with Crippen LogP contribution in [0.4, 0.5) is 4.39 Å². The van der Waals surface area contributed by atoms with Gasteiger partial charge in [0.25, 0.3) is 5.91 Å². The molecule has 4 N–H and O–H groups in total. The molecule has 3 amide bonds. The van der Waals surface area contributed by atoms with E-state index in [0.29, 0.717) is 30.2 Å². The summed E-state index contributed by atoms with van der Waals surface area (Å²) in [6.07, 6.45) is 0.991. The summed E-state index contributed by atoms with van der Waals surface area (Å²) in [6, 6.07) is 10.8. The summed E-state index contributed by atoms with van der Waals surface area (Å²) < 4.78 is 15.5. The van der Waals surface area contributed by atoms with Crippen LogP contribution in [0.3, 0.4) is 0 Å². The first-order chi connectivity index (χ1) is 16.8. The Morgan fingerprint density at radius 1 is 1.20 bits per heavy atom. The van der Waals surface area contributed by atoms with E-state index in [9.17, 15) is 23.9 Å². The molecule has 1 aliphatic rings. The van der Waals surface area contributed by atoms with Crippen molar-refractivity contribution in [3.8, 4) is 0 Å². The fraction of sp³-hybridized carbons (Fsp3) is 0.333. The van der Waals surface area contributed by atoms with Crippen molar-refractivity contribution in [2.75, 3.05) is 6.54 Å². The Hall–Kier alpha value is -3.50. The Morgan fingerprint density at radius 3 is 2.69 bits per heavy atom. The first-order valence-corrected chi connectivity index (χ1v) is 11.6. The normalized spacial score (nSPS) is 17.5. The van der Waals surface area contributed by atoms with E-state index >= 15 is 0 Å². The number of fused-ring (bicyclic) bond motifs is 1. The molecular formula is C24H25ClFN5O4. The van der Waals surface area contributed by atoms with Gasteiger partial charge in [0.2, 0.25) is 11.8 Å². The molecule has 0 spiro atoms. The van der Waals surface area contributed by atoms with Crippen LogP contribution >= 0.6 is 11.6 Å². The number of para-hydroxylation sites is 1. The van der Waals surface area contributed by atoms with E-state index in [1.54, 1.807) is 30.3 Å². The number of carbonyl (C=O) groups is 3. The summed E-state index contributed by atoms with van der Waals surface area (Å²) in [5.41, 5.74) is 6.24. The van der Waals surface area contributed by atoms with Crippen LogP contribution in [0, 0.1) is 5.82 Å². The highest BCUT2D eigenvalue weighted by atomic mass is 35.5. The van der Waals surface area contributed by atoms with Crippen molar-refractivity contribution in [2.45, 2.75) is 44.5 Å². The van der Waals surface area contributed by atoms with Crippen molar-refractivity contribution in [3.05, 3.63) is 64.6 Å². The van der Waals surface area contributed by atoms with Gasteiger partial charge in [-0.2, -0.15) is 5.10 Å². The SMILES string of the molecule is NC(=O)c1nn(CC(=O)N(CC(=O)NCc2cccc(Cl)c2F)[C@H]2CCC[C@@H]2O)c2ccccc12. The zero-order chi connectivity index (χ0) is 25.1. The number of carbonyl (C=O) groups excluding carboxylic acids is 3. The second-order valence-electron chi connectivity index (χ2n) is 8.46. The van der Waals surface area contributed by atoms with Gasteiger partial charge in [-0.15, -0.1) is 0 Å². The number of hydrogen-bond donors (Lipinski definition) is 3. The Kier molecular flexibility index (Phi) is 7.32. The first kappa shape index (κ1) is 24.6. The number of halogens is 2. The maximum atomic E-state index is 14.1. The van der Waals surface area contributed by atoms with Gasteiger partial charge in [0.15, 0.2) is 5.69 Å². The predicted octanol–water partition coefficient (Wildman–Crippen LogP) is 1.99. The number of nitrogens with two attached hydrogens (primary N) is 1. The fourth-order valence-corrected chi connectivity index (χ4v) is 4.61. The monoisotopic (exact) mass is 501 g/mol. The number of benzene rings is 2. The average molecular weight is 502 g/mol. The molecule has 0 radical (unpaired) electrons. The molecule has 0 bridgehead atoms. The molecule has 1 aliphatic carbocycles. The number of nitrogens with zero attached hydrogens (tertiary/aromatic N) is 3. The third-order valence-corrected chi connectivity index (χ3v) is 6.45. The minimum Gasteiger partial charge on any atom is -0.391 e. The van der Waals surface area contributed by atoms with Crippen molar-refractivity contribution >= 4 is 40.2 Å². The number of aliphatic hydroxyl groups is 1. The molecule has 35 heavy (non-hydrogen) atoms. The van der Waals surface area contributed by atoms with Crippen LogP contribution in [0.2, 0.25) is 5.02 Å². The van der Waals surface area contributed by atoms with Gasteiger partial charge < -0.3 is 21.1 Å². The summed E-state index contributed by atoms with van der Waals surface area (Å²) in [5, 5.41) is 17.7. The number of nitrogens with one attached hydrogen (secondary N) is 1. The van der Waals surface area contributed by atoms with E-state index in [1.165, 1.54) is 21.7 Å². The molecule has 2 aromatic carbocycles. The van der Waals surface area contributed by atoms with E-state index in [-0.39, 0.29) is 35.9 Å². The lowest BCUT2D eigenvalue weighted by Crippen LogP contribution is -2.50. The standard InChI is InChI=1S/C24H25ClFN5O4/c25-16-7-3-5-14(22(16)26)11-28-20(33)12-30(18-9-4-10-19(18)32)21(34)13-31-17-8-2-1-6-15(17)23(29-31)24(27)35/h1-3,5-8,18-19,32H,4,9-13H2,(H2,27,35)(H,28,33)/t18-,19-/m0/s1. The second kappa shape index (κ2) is 10.4. The summed E-state index contributed by atoms with van der Waals surface area (Å²) in [5.74, 6) is -2.31. The van der Waals surface area contributed by atoms with Crippen LogP contribution in [-0.4, -0.2) is 56.2 Å². The first-order valence-electron chi connectivity index (χ1n) is 11.2. The van der Waals surface area contributed by atoms with Gasteiger partial charge in [0.05, 0.1) is 29.2 Å². The maximum absolute atomic E-state index is 14.1. The third-order valence-electron chi connectivity index (χ3n) is 6.16. The molecule has 3 aromatic rings. The van der Waals surface area contributed by atoms with E-state index in [0.717, 1.165) is 0 Å². The Bertz CT molecular complexity index is 1280. The maximum Gasteiger partial charge on any atom is 0.269 e. The topological polar surface area (TPSA) is 131 Å². The lowest BCUT2D eigenvalue weighted by atomic mass is 10.1. The number of rotatable bonds is 8. The van der Waals surface area contributed by atoms with Gasteiger partial charge in [-0.1, -0.05) is 41.9 Å². The van der Waals surface area contributed by atoms with Crippen molar-refractivity contribution in [3.63, 3.8) is 0 Å². The largest absolute Gasteiger partial charge is 0.391 e. The number of aromatic nitrogens is 2. The number of aliphatic hydroxyl groups excluding tert-OH is 1. The zero-order valence-corrected chi connectivity index (χ0v) is 19.5. The molecular weight excluding hydrogens is 477 g/mol. The highest BCUT2D eigenvalue weighted by molar-refractivity contribution is 6.30. The molecule has 0 unspecified atom stereocenters. The quantitative estimate of drug-likeness (QED) is 0.434. The summed E-state index contributed by atoms with van der Waals surface area (Å²) in [6.45, 7) is -0.690. The Balaban J connectivity index is 1.52. The molecule has 184 valence electrons. The zero-order valence-electron chi connectivity index (χ0n) is 18.8. The van der Waals surface area contributed by atoms with E-state index in [4.69, 9.17) is 17.3 Å². The van der Waals surface area contributed by atoms with Crippen LogP contribution in [0.5, 0.6) is 0 Å². The highest BCUT2D eigenvalue weighted by Gasteiger charge is 2.35. The van der Waals surface area contributed by atoms with E-state index in [1.807, 2.05) is 0 Å². The van der Waals surface area contributed by atoms with Crippen LogP contribution in [-0.2, 0) is 22.7 Å². The van der Waals surface area contributed by atoms with Crippen LogP contribution in [0.25, 0.3) is 10.9 Å². The van der Waals surface area contributed by atoms with Gasteiger partial charge in [0.1, 0.15) is 12.4 Å². The molecule has 1 fully saturated rings. The van der Waals surface area contributed by atoms with Crippen LogP contribution in [0.15, 0.2) is 42.5 Å². The van der Waals surface area contributed by atoms with E-state index < -0.39 is 35.7 Å². The third kappa shape index (κ3) is 5.28. The fourth-order valence-electron chi connectivity index (χ4n) is 4.41. The molecule has 1 saturated carbocycles. The highest BCUT2D eigenvalue weighted by Crippen LogP contribution is 2.25. The van der Waals surface area contributed by atoms with Crippen molar-refractivity contribution in [1.82, 2.24) is 20.0 Å². The number of primary amides is 1. The molecule has 11 heteroatoms. The lowest BCUT2D eigenvalue weighted by Gasteiger charge is -2.30. The Morgan fingerprint density at radius 2 is 1.97 bits per heavy atom. The minimum atomic E-state index is -0.771. The summed E-state index contributed by atoms with van der Waals surface area (Å²) >= 11 is 5.79. The van der Waals surface area contributed by atoms with Crippen molar-refractivity contribution in [2.24, 2.45) is 5.73 Å².